The van der Waals surface area contributed by atoms with E-state index >= 15 is 0 Å². The van der Waals surface area contributed by atoms with Crippen molar-refractivity contribution in [3.8, 4) is 0 Å². The lowest BCUT2D eigenvalue weighted by atomic mass is 10.1. The second kappa shape index (κ2) is 10.1. The first-order valence-corrected chi connectivity index (χ1v) is 11.1. The molecule has 3 rings (SSSR count). The zero-order valence-electron chi connectivity index (χ0n) is 17.0. The molecule has 0 saturated carbocycles. The first-order chi connectivity index (χ1) is 15.2. The van der Waals surface area contributed by atoms with E-state index in [2.05, 4.69) is 5.32 Å². The van der Waals surface area contributed by atoms with Crippen LogP contribution in [0.3, 0.4) is 0 Å². The lowest BCUT2D eigenvalue weighted by Gasteiger charge is -2.30. The minimum Gasteiger partial charge on any atom is -0.369 e. The quantitative estimate of drug-likeness (QED) is 0.339. The van der Waals surface area contributed by atoms with Gasteiger partial charge >= 0.3 is 6.18 Å². The molecule has 4 nitrogen and oxygen atoms in total. The highest BCUT2D eigenvalue weighted by Gasteiger charge is 2.34. The summed E-state index contributed by atoms with van der Waals surface area (Å²) in [7, 11) is 0. The number of carbonyl (C=O) groups excluding carboxylic acids is 1. The monoisotopic (exact) mass is 475 g/mol. The summed E-state index contributed by atoms with van der Waals surface area (Å²) in [5, 5.41) is 2.79. The standard InChI is InChI=1S/C23H20F3N3OS2/c1-32-20-13-7-6-12-19(20)29(18-11-5-2-8-15(18)14-21(27)30)22(31)28-17-10-4-3-9-16(17)23(24,25)26/h2-13H,14H2,1H3,(H2,27,30)(H,28,31). The van der Waals surface area contributed by atoms with Gasteiger partial charge in [-0.2, -0.15) is 13.2 Å². The molecular weight excluding hydrogens is 455 g/mol. The number of thioether (sulfide) groups is 1. The van der Waals surface area contributed by atoms with E-state index in [0.717, 1.165) is 11.0 Å². The number of nitrogens with zero attached hydrogens (tertiary/aromatic N) is 1. The Morgan fingerprint density at radius 3 is 2.25 bits per heavy atom. The van der Waals surface area contributed by atoms with Gasteiger partial charge in [0.25, 0.3) is 0 Å². The van der Waals surface area contributed by atoms with Crippen LogP contribution in [0.4, 0.5) is 30.2 Å². The van der Waals surface area contributed by atoms with Crippen molar-refractivity contribution in [2.45, 2.75) is 17.5 Å². The number of carbonyl (C=O) groups is 1. The fraction of sp³-hybridized carbons (Fsp3) is 0.130. The molecule has 0 heterocycles. The Hall–Kier alpha value is -3.04. The second-order valence-corrected chi connectivity index (χ2v) is 7.99. The van der Waals surface area contributed by atoms with E-state index in [0.29, 0.717) is 16.9 Å². The summed E-state index contributed by atoms with van der Waals surface area (Å²) in [6, 6.07) is 19.5. The summed E-state index contributed by atoms with van der Waals surface area (Å²) in [5.41, 5.74) is 6.25. The number of thiocarbonyl (C=S) groups is 1. The molecule has 32 heavy (non-hydrogen) atoms. The molecule has 0 fully saturated rings. The van der Waals surface area contributed by atoms with Gasteiger partial charge in [0.2, 0.25) is 5.91 Å². The largest absolute Gasteiger partial charge is 0.418 e. The summed E-state index contributed by atoms with van der Waals surface area (Å²) in [4.78, 5) is 14.1. The number of para-hydroxylation sites is 3. The lowest BCUT2D eigenvalue weighted by molar-refractivity contribution is -0.136. The molecule has 0 aliphatic heterocycles. The number of alkyl halides is 3. The average molecular weight is 476 g/mol. The van der Waals surface area contributed by atoms with Gasteiger partial charge in [0.15, 0.2) is 5.11 Å². The van der Waals surface area contributed by atoms with Gasteiger partial charge in [0.05, 0.1) is 29.0 Å². The van der Waals surface area contributed by atoms with Crippen molar-refractivity contribution < 1.29 is 18.0 Å². The fourth-order valence-electron chi connectivity index (χ4n) is 3.24. The third-order valence-electron chi connectivity index (χ3n) is 4.60. The van der Waals surface area contributed by atoms with Crippen molar-refractivity contribution in [3.63, 3.8) is 0 Å². The number of benzene rings is 3. The van der Waals surface area contributed by atoms with Gasteiger partial charge in [-0.3, -0.25) is 9.69 Å². The van der Waals surface area contributed by atoms with Crippen LogP contribution >= 0.6 is 24.0 Å². The Kier molecular flexibility index (Phi) is 7.42. The predicted molar refractivity (Wildman–Crippen MR) is 127 cm³/mol. The Bertz CT molecular complexity index is 1140. The number of nitrogens with two attached hydrogens (primary N) is 1. The predicted octanol–water partition coefficient (Wildman–Crippen LogP) is 5.99. The van der Waals surface area contributed by atoms with Gasteiger partial charge < -0.3 is 11.1 Å². The first-order valence-electron chi connectivity index (χ1n) is 9.49. The van der Waals surface area contributed by atoms with Gasteiger partial charge in [-0.15, -0.1) is 11.8 Å². The summed E-state index contributed by atoms with van der Waals surface area (Å²) in [6.45, 7) is 0. The molecule has 1 amide bonds. The molecule has 3 aromatic carbocycles. The van der Waals surface area contributed by atoms with Crippen LogP contribution in [0.2, 0.25) is 0 Å². The molecule has 0 bridgehead atoms. The van der Waals surface area contributed by atoms with Crippen LogP contribution < -0.4 is 16.0 Å². The first kappa shape index (κ1) is 23.6. The number of halogens is 3. The van der Waals surface area contributed by atoms with Gasteiger partial charge in [0, 0.05) is 4.90 Å². The lowest BCUT2D eigenvalue weighted by Crippen LogP contribution is -2.33. The van der Waals surface area contributed by atoms with Crippen molar-refractivity contribution in [3.05, 3.63) is 83.9 Å². The molecule has 0 aliphatic carbocycles. The molecular formula is C23H20F3N3OS2. The summed E-state index contributed by atoms with van der Waals surface area (Å²) < 4.78 is 40.6. The van der Waals surface area contributed by atoms with E-state index in [1.165, 1.54) is 30.0 Å². The van der Waals surface area contributed by atoms with Gasteiger partial charge in [-0.25, -0.2) is 0 Å². The average Bonchev–Trinajstić information content (AvgIpc) is 2.75. The highest BCUT2D eigenvalue weighted by Crippen LogP contribution is 2.38. The maximum Gasteiger partial charge on any atom is 0.418 e. The smallest absolute Gasteiger partial charge is 0.369 e. The number of nitrogens with one attached hydrogen (secondary N) is 1. The maximum absolute atomic E-state index is 13.5. The van der Waals surface area contributed by atoms with Crippen molar-refractivity contribution in [1.82, 2.24) is 0 Å². The van der Waals surface area contributed by atoms with Crippen LogP contribution in [0.15, 0.2) is 77.7 Å². The molecule has 9 heteroatoms. The normalized spacial score (nSPS) is 11.1. The summed E-state index contributed by atoms with van der Waals surface area (Å²) in [5.74, 6) is -0.531. The van der Waals surface area contributed by atoms with E-state index < -0.39 is 17.6 Å². The Labute approximate surface area is 193 Å². The molecule has 0 atom stereocenters. The van der Waals surface area contributed by atoms with E-state index in [4.69, 9.17) is 18.0 Å². The zero-order chi connectivity index (χ0) is 23.3. The highest BCUT2D eigenvalue weighted by atomic mass is 32.2. The van der Waals surface area contributed by atoms with Crippen LogP contribution in [0, 0.1) is 0 Å². The van der Waals surface area contributed by atoms with Crippen LogP contribution in [0.5, 0.6) is 0 Å². The number of rotatable bonds is 6. The number of amides is 1. The molecule has 166 valence electrons. The van der Waals surface area contributed by atoms with Crippen LogP contribution in [-0.2, 0) is 17.4 Å². The van der Waals surface area contributed by atoms with Crippen molar-refractivity contribution >= 4 is 52.1 Å². The molecule has 0 spiro atoms. The van der Waals surface area contributed by atoms with Crippen molar-refractivity contribution in [2.75, 3.05) is 16.5 Å². The Morgan fingerprint density at radius 1 is 1.00 bits per heavy atom. The molecule has 0 aliphatic rings. The number of anilines is 3. The van der Waals surface area contributed by atoms with E-state index in [9.17, 15) is 18.0 Å². The van der Waals surface area contributed by atoms with Gasteiger partial charge in [-0.1, -0.05) is 42.5 Å². The Balaban J connectivity index is 2.13. The van der Waals surface area contributed by atoms with Crippen molar-refractivity contribution in [2.24, 2.45) is 5.73 Å². The van der Waals surface area contributed by atoms with E-state index in [1.54, 1.807) is 29.2 Å². The fourth-order valence-corrected chi connectivity index (χ4v) is 4.13. The van der Waals surface area contributed by atoms with Crippen LogP contribution in [0.25, 0.3) is 0 Å². The zero-order valence-corrected chi connectivity index (χ0v) is 18.7. The number of primary amides is 1. The topological polar surface area (TPSA) is 58.4 Å². The molecule has 0 unspecified atom stereocenters. The third-order valence-corrected chi connectivity index (χ3v) is 5.67. The number of hydrogen-bond acceptors (Lipinski definition) is 3. The SMILES string of the molecule is CSc1ccccc1N(C(=S)Nc1ccccc1C(F)(F)F)c1ccccc1CC(N)=O. The summed E-state index contributed by atoms with van der Waals surface area (Å²) >= 11 is 7.08. The maximum atomic E-state index is 13.5. The highest BCUT2D eigenvalue weighted by molar-refractivity contribution is 7.98. The van der Waals surface area contributed by atoms with Crippen molar-refractivity contribution in [1.29, 1.82) is 0 Å². The van der Waals surface area contributed by atoms with E-state index in [-0.39, 0.29) is 17.2 Å². The van der Waals surface area contributed by atoms with Gasteiger partial charge in [-0.05, 0) is 54.4 Å². The Morgan fingerprint density at radius 2 is 1.59 bits per heavy atom. The summed E-state index contributed by atoms with van der Waals surface area (Å²) in [6.07, 6.45) is -2.71. The number of hydrogen-bond donors (Lipinski definition) is 2. The minimum atomic E-state index is -4.55. The van der Waals surface area contributed by atoms with Gasteiger partial charge in [0.1, 0.15) is 0 Å². The molecule has 0 aromatic heterocycles. The van der Waals surface area contributed by atoms with Crippen LogP contribution in [0.1, 0.15) is 11.1 Å². The molecule has 3 aromatic rings. The molecule has 3 N–H and O–H groups in total. The second-order valence-electron chi connectivity index (χ2n) is 6.75. The minimum absolute atomic E-state index is 0.0279. The van der Waals surface area contributed by atoms with Crippen LogP contribution in [-0.4, -0.2) is 17.3 Å². The third kappa shape index (κ3) is 5.41. The molecule has 0 radical (unpaired) electrons. The molecule has 0 saturated heterocycles. The van der Waals surface area contributed by atoms with E-state index in [1.807, 2.05) is 30.5 Å².